The van der Waals surface area contributed by atoms with E-state index in [9.17, 15) is 9.59 Å². The molecule has 0 aliphatic carbocycles. The lowest BCUT2D eigenvalue weighted by Gasteiger charge is -2.14. The molecule has 4 nitrogen and oxygen atoms in total. The molecule has 2 aromatic carbocycles. The summed E-state index contributed by atoms with van der Waals surface area (Å²) < 4.78 is 5.33. The summed E-state index contributed by atoms with van der Waals surface area (Å²) in [5.41, 5.74) is 1.09. The molecule has 0 unspecified atom stereocenters. The minimum Gasteiger partial charge on any atom is -0.478 e. The van der Waals surface area contributed by atoms with Crippen LogP contribution in [0.5, 0.6) is 0 Å². The number of hydrogen-bond donors (Lipinski definition) is 1. The molecule has 4 heteroatoms. The SMILES string of the molecule is C[C@@H](Cc1ccccc1)OC(=O)c1ccccc1C(=O)O. The van der Waals surface area contributed by atoms with Crippen molar-refractivity contribution in [3.8, 4) is 0 Å². The summed E-state index contributed by atoms with van der Waals surface area (Å²) in [6, 6.07) is 15.7. The Balaban J connectivity index is 2.06. The van der Waals surface area contributed by atoms with Crippen LogP contribution in [0.25, 0.3) is 0 Å². The summed E-state index contributed by atoms with van der Waals surface area (Å²) in [5.74, 6) is -1.75. The van der Waals surface area contributed by atoms with Gasteiger partial charge in [-0.1, -0.05) is 42.5 Å². The molecule has 0 heterocycles. The van der Waals surface area contributed by atoms with Gasteiger partial charge in [0.25, 0.3) is 0 Å². The van der Waals surface area contributed by atoms with Gasteiger partial charge in [-0.25, -0.2) is 9.59 Å². The van der Waals surface area contributed by atoms with Crippen LogP contribution in [-0.2, 0) is 11.2 Å². The van der Waals surface area contributed by atoms with Crippen molar-refractivity contribution in [3.63, 3.8) is 0 Å². The Labute approximate surface area is 123 Å². The first-order chi connectivity index (χ1) is 10.1. The number of carboxylic acid groups (broad SMARTS) is 1. The van der Waals surface area contributed by atoms with E-state index in [1.165, 1.54) is 12.1 Å². The van der Waals surface area contributed by atoms with E-state index in [2.05, 4.69) is 0 Å². The highest BCUT2D eigenvalue weighted by Gasteiger charge is 2.19. The minimum absolute atomic E-state index is 0.0468. The van der Waals surface area contributed by atoms with Crippen LogP contribution in [0.3, 0.4) is 0 Å². The molecule has 0 spiro atoms. The number of carbonyl (C=O) groups is 2. The van der Waals surface area contributed by atoms with Gasteiger partial charge in [-0.3, -0.25) is 0 Å². The molecule has 2 aromatic rings. The highest BCUT2D eigenvalue weighted by atomic mass is 16.5. The zero-order chi connectivity index (χ0) is 15.2. The second kappa shape index (κ2) is 6.70. The summed E-state index contributed by atoms with van der Waals surface area (Å²) in [7, 11) is 0. The lowest BCUT2D eigenvalue weighted by molar-refractivity contribution is 0.0336. The molecule has 0 aliphatic heterocycles. The average molecular weight is 284 g/mol. The first kappa shape index (κ1) is 14.8. The van der Waals surface area contributed by atoms with Crippen molar-refractivity contribution >= 4 is 11.9 Å². The predicted molar refractivity (Wildman–Crippen MR) is 78.4 cm³/mol. The molecule has 1 atom stereocenters. The summed E-state index contributed by atoms with van der Waals surface area (Å²) in [5, 5.41) is 9.08. The van der Waals surface area contributed by atoms with Crippen molar-refractivity contribution in [2.45, 2.75) is 19.4 Å². The number of ether oxygens (including phenoxy) is 1. The standard InChI is InChI=1S/C17H16O4/c1-12(11-13-7-3-2-4-8-13)21-17(20)15-10-6-5-9-14(15)16(18)19/h2-10,12H,11H2,1H3,(H,18,19)/t12-/m0/s1. The van der Waals surface area contributed by atoms with Crippen molar-refractivity contribution < 1.29 is 19.4 Å². The van der Waals surface area contributed by atoms with Gasteiger partial charge in [0.1, 0.15) is 6.10 Å². The molecular weight excluding hydrogens is 268 g/mol. The highest BCUT2D eigenvalue weighted by Crippen LogP contribution is 2.13. The lowest BCUT2D eigenvalue weighted by atomic mass is 10.1. The zero-order valence-electron chi connectivity index (χ0n) is 11.7. The average Bonchev–Trinajstić information content (AvgIpc) is 2.48. The first-order valence-corrected chi connectivity index (χ1v) is 6.65. The normalized spacial score (nSPS) is 11.7. The van der Waals surface area contributed by atoms with E-state index in [0.717, 1.165) is 5.56 Å². The van der Waals surface area contributed by atoms with Crippen molar-refractivity contribution in [3.05, 3.63) is 71.3 Å². The molecular formula is C17H16O4. The zero-order valence-corrected chi connectivity index (χ0v) is 11.7. The third-order valence-corrected chi connectivity index (χ3v) is 3.05. The fraction of sp³-hybridized carbons (Fsp3) is 0.176. The molecule has 0 saturated carbocycles. The molecule has 0 aromatic heterocycles. The number of carbonyl (C=O) groups excluding carboxylic acids is 1. The number of hydrogen-bond acceptors (Lipinski definition) is 3. The van der Waals surface area contributed by atoms with Gasteiger partial charge in [-0.05, 0) is 24.6 Å². The van der Waals surface area contributed by atoms with Gasteiger partial charge in [-0.2, -0.15) is 0 Å². The fourth-order valence-corrected chi connectivity index (χ4v) is 2.08. The van der Waals surface area contributed by atoms with Gasteiger partial charge >= 0.3 is 11.9 Å². The Bertz CT molecular complexity index is 634. The van der Waals surface area contributed by atoms with E-state index >= 15 is 0 Å². The Kier molecular flexibility index (Phi) is 4.72. The second-order valence-electron chi connectivity index (χ2n) is 4.76. The van der Waals surface area contributed by atoms with Gasteiger partial charge in [0.15, 0.2) is 0 Å². The van der Waals surface area contributed by atoms with Gasteiger partial charge in [-0.15, -0.1) is 0 Å². The molecule has 0 bridgehead atoms. The quantitative estimate of drug-likeness (QED) is 0.856. The van der Waals surface area contributed by atoms with Crippen molar-refractivity contribution in [2.24, 2.45) is 0 Å². The molecule has 2 rings (SSSR count). The Morgan fingerprint density at radius 3 is 2.19 bits per heavy atom. The summed E-state index contributed by atoms with van der Waals surface area (Å²) in [4.78, 5) is 23.2. The van der Waals surface area contributed by atoms with E-state index in [1.807, 2.05) is 30.3 Å². The fourth-order valence-electron chi connectivity index (χ4n) is 2.08. The van der Waals surface area contributed by atoms with Crippen molar-refractivity contribution in [2.75, 3.05) is 0 Å². The Morgan fingerprint density at radius 2 is 1.57 bits per heavy atom. The van der Waals surface area contributed by atoms with E-state index in [4.69, 9.17) is 9.84 Å². The molecule has 0 radical (unpaired) electrons. The molecule has 0 aliphatic rings. The van der Waals surface area contributed by atoms with Crippen LogP contribution < -0.4 is 0 Å². The van der Waals surface area contributed by atoms with Gasteiger partial charge < -0.3 is 9.84 Å². The topological polar surface area (TPSA) is 63.6 Å². The number of esters is 1. The van der Waals surface area contributed by atoms with Crippen LogP contribution in [-0.4, -0.2) is 23.1 Å². The van der Waals surface area contributed by atoms with Crippen LogP contribution >= 0.6 is 0 Å². The van der Waals surface area contributed by atoms with E-state index < -0.39 is 11.9 Å². The molecule has 21 heavy (non-hydrogen) atoms. The summed E-state index contributed by atoms with van der Waals surface area (Å²) >= 11 is 0. The molecule has 0 fully saturated rings. The van der Waals surface area contributed by atoms with Gasteiger partial charge in [0, 0.05) is 6.42 Å². The molecule has 108 valence electrons. The molecule has 1 N–H and O–H groups in total. The van der Waals surface area contributed by atoms with Crippen LogP contribution in [0.2, 0.25) is 0 Å². The van der Waals surface area contributed by atoms with Crippen LogP contribution in [0.15, 0.2) is 54.6 Å². The van der Waals surface area contributed by atoms with Gasteiger partial charge in [0.2, 0.25) is 0 Å². The van der Waals surface area contributed by atoms with Crippen LogP contribution in [0.1, 0.15) is 33.2 Å². The van der Waals surface area contributed by atoms with Crippen molar-refractivity contribution in [1.29, 1.82) is 0 Å². The minimum atomic E-state index is -1.14. The van der Waals surface area contributed by atoms with Crippen LogP contribution in [0.4, 0.5) is 0 Å². The second-order valence-corrected chi connectivity index (χ2v) is 4.76. The largest absolute Gasteiger partial charge is 0.478 e. The lowest BCUT2D eigenvalue weighted by Crippen LogP contribution is -2.19. The summed E-state index contributed by atoms with van der Waals surface area (Å²) in [6.07, 6.45) is 0.253. The predicted octanol–water partition coefficient (Wildman–Crippen LogP) is 3.17. The van der Waals surface area contributed by atoms with E-state index in [0.29, 0.717) is 6.42 Å². The third kappa shape index (κ3) is 3.92. The Morgan fingerprint density at radius 1 is 1.00 bits per heavy atom. The number of rotatable bonds is 5. The number of carboxylic acids is 1. The maximum Gasteiger partial charge on any atom is 0.339 e. The number of benzene rings is 2. The Hall–Kier alpha value is -2.62. The van der Waals surface area contributed by atoms with Crippen LogP contribution in [0, 0.1) is 0 Å². The first-order valence-electron chi connectivity index (χ1n) is 6.65. The highest BCUT2D eigenvalue weighted by molar-refractivity contribution is 6.02. The van der Waals surface area contributed by atoms with Gasteiger partial charge in [0.05, 0.1) is 11.1 Å². The maximum absolute atomic E-state index is 12.1. The number of aromatic carboxylic acids is 1. The molecule has 0 amide bonds. The van der Waals surface area contributed by atoms with E-state index in [-0.39, 0.29) is 17.2 Å². The smallest absolute Gasteiger partial charge is 0.339 e. The van der Waals surface area contributed by atoms with E-state index in [1.54, 1.807) is 19.1 Å². The maximum atomic E-state index is 12.1. The monoisotopic (exact) mass is 284 g/mol. The summed E-state index contributed by atoms with van der Waals surface area (Å²) in [6.45, 7) is 1.79. The molecule has 0 saturated heterocycles. The third-order valence-electron chi connectivity index (χ3n) is 3.05. The van der Waals surface area contributed by atoms with Crippen molar-refractivity contribution in [1.82, 2.24) is 0 Å².